The van der Waals surface area contributed by atoms with E-state index in [0.29, 0.717) is 24.5 Å². The molecule has 0 aliphatic carbocycles. The average molecular weight is 274 g/mol. The lowest BCUT2D eigenvalue weighted by molar-refractivity contribution is -0.00446. The van der Waals surface area contributed by atoms with Gasteiger partial charge >= 0.3 is 0 Å². The van der Waals surface area contributed by atoms with E-state index < -0.39 is 11.9 Å². The summed E-state index contributed by atoms with van der Waals surface area (Å²) in [5, 5.41) is 18.7. The Balaban J connectivity index is 2.35. The van der Waals surface area contributed by atoms with Gasteiger partial charge in [-0.1, -0.05) is 0 Å². The van der Waals surface area contributed by atoms with E-state index in [0.717, 1.165) is 0 Å². The average Bonchev–Trinajstić information content (AvgIpc) is 2.42. The highest BCUT2D eigenvalue weighted by Gasteiger charge is 2.09. The lowest BCUT2D eigenvalue weighted by Gasteiger charge is -2.14. The van der Waals surface area contributed by atoms with Crippen molar-refractivity contribution in [1.82, 2.24) is 0 Å². The summed E-state index contributed by atoms with van der Waals surface area (Å²) in [5.41, 5.74) is 0.340. The minimum Gasteiger partial charge on any atom is -0.490 e. The molecule has 1 atom stereocenters. The van der Waals surface area contributed by atoms with E-state index in [-0.39, 0.29) is 19.8 Å². The predicted octanol–water partition coefficient (Wildman–Crippen LogP) is 0.721. The summed E-state index contributed by atoms with van der Waals surface area (Å²) in [4.78, 5) is 0. The SMILES string of the molecule is COCCOCC(O)COc1ccc(F)cc1CO. The van der Waals surface area contributed by atoms with Crippen LogP contribution in [0.1, 0.15) is 5.56 Å². The van der Waals surface area contributed by atoms with Crippen molar-refractivity contribution in [3.05, 3.63) is 29.6 Å². The van der Waals surface area contributed by atoms with Crippen LogP contribution in [0.15, 0.2) is 18.2 Å². The second-order valence-electron chi connectivity index (χ2n) is 3.94. The maximum Gasteiger partial charge on any atom is 0.125 e. The summed E-state index contributed by atoms with van der Waals surface area (Å²) in [5.74, 6) is -0.0975. The summed E-state index contributed by atoms with van der Waals surface area (Å²) >= 11 is 0. The highest BCUT2D eigenvalue weighted by atomic mass is 19.1. The molecule has 0 amide bonds. The summed E-state index contributed by atoms with van der Waals surface area (Å²) in [6.45, 7) is 0.657. The molecule has 108 valence electrons. The third kappa shape index (κ3) is 5.98. The fourth-order valence-electron chi connectivity index (χ4n) is 1.41. The van der Waals surface area contributed by atoms with Gasteiger partial charge in [-0.15, -0.1) is 0 Å². The number of hydrogen-bond acceptors (Lipinski definition) is 5. The molecule has 6 heteroatoms. The fourth-order valence-corrected chi connectivity index (χ4v) is 1.41. The second kappa shape index (κ2) is 8.82. The highest BCUT2D eigenvalue weighted by molar-refractivity contribution is 5.33. The standard InChI is InChI=1S/C13H19FO5/c1-17-4-5-18-8-12(16)9-19-13-3-2-11(14)6-10(13)7-15/h2-3,6,12,15-16H,4-5,7-9H2,1H3. The minimum absolute atomic E-state index is 0.00557. The number of hydrogen-bond donors (Lipinski definition) is 2. The van der Waals surface area contributed by atoms with Crippen LogP contribution >= 0.6 is 0 Å². The first-order valence-corrected chi connectivity index (χ1v) is 5.94. The van der Waals surface area contributed by atoms with Gasteiger partial charge in [0.05, 0.1) is 26.4 Å². The molecular weight excluding hydrogens is 255 g/mol. The molecule has 0 aliphatic rings. The molecule has 5 nitrogen and oxygen atoms in total. The Bertz CT molecular complexity index is 372. The molecule has 0 spiro atoms. The van der Waals surface area contributed by atoms with E-state index in [1.807, 2.05) is 0 Å². The van der Waals surface area contributed by atoms with Gasteiger partial charge in [-0.05, 0) is 18.2 Å². The number of rotatable bonds is 9. The first-order valence-electron chi connectivity index (χ1n) is 5.94. The number of aliphatic hydroxyl groups is 2. The van der Waals surface area contributed by atoms with Crippen molar-refractivity contribution in [1.29, 1.82) is 0 Å². The quantitative estimate of drug-likeness (QED) is 0.649. The molecule has 0 saturated carbocycles. The molecule has 0 radical (unpaired) electrons. The zero-order valence-electron chi connectivity index (χ0n) is 10.8. The molecule has 0 heterocycles. The van der Waals surface area contributed by atoms with Crippen molar-refractivity contribution in [3.63, 3.8) is 0 Å². The number of aliphatic hydroxyl groups excluding tert-OH is 2. The molecule has 1 unspecified atom stereocenters. The van der Waals surface area contributed by atoms with Crippen molar-refractivity contribution < 1.29 is 28.8 Å². The molecule has 1 aromatic carbocycles. The summed E-state index contributed by atoms with van der Waals surface area (Å²) < 4.78 is 28.2. The van der Waals surface area contributed by atoms with Crippen LogP contribution in [-0.4, -0.2) is 49.9 Å². The Morgan fingerprint density at radius 2 is 2.05 bits per heavy atom. The van der Waals surface area contributed by atoms with Crippen LogP contribution < -0.4 is 4.74 Å². The topological polar surface area (TPSA) is 68.2 Å². The van der Waals surface area contributed by atoms with Crippen molar-refractivity contribution in [2.75, 3.05) is 33.5 Å². The van der Waals surface area contributed by atoms with E-state index in [9.17, 15) is 9.50 Å². The Morgan fingerprint density at radius 1 is 1.26 bits per heavy atom. The number of methoxy groups -OCH3 is 1. The van der Waals surface area contributed by atoms with Gasteiger partial charge in [-0.25, -0.2) is 4.39 Å². The van der Waals surface area contributed by atoms with E-state index in [1.165, 1.54) is 18.2 Å². The number of ether oxygens (including phenoxy) is 3. The van der Waals surface area contributed by atoms with Gasteiger partial charge in [-0.3, -0.25) is 0 Å². The Labute approximate surface area is 111 Å². The number of halogens is 1. The first kappa shape index (κ1) is 15.8. The first-order chi connectivity index (χ1) is 9.17. The van der Waals surface area contributed by atoms with E-state index >= 15 is 0 Å². The maximum atomic E-state index is 12.9. The minimum atomic E-state index is -0.798. The molecule has 19 heavy (non-hydrogen) atoms. The summed E-state index contributed by atoms with van der Waals surface area (Å²) in [6.07, 6.45) is -0.798. The third-order valence-corrected chi connectivity index (χ3v) is 2.37. The van der Waals surface area contributed by atoms with Crippen LogP contribution in [0.3, 0.4) is 0 Å². The summed E-state index contributed by atoms with van der Waals surface area (Å²) in [7, 11) is 1.56. The van der Waals surface area contributed by atoms with Crippen LogP contribution in [0, 0.1) is 5.82 Å². The lowest BCUT2D eigenvalue weighted by atomic mass is 10.2. The van der Waals surface area contributed by atoms with Crippen LogP contribution in [0.4, 0.5) is 4.39 Å². The molecule has 1 rings (SSSR count). The monoisotopic (exact) mass is 274 g/mol. The molecule has 0 saturated heterocycles. The molecular formula is C13H19FO5. The van der Waals surface area contributed by atoms with Crippen molar-refractivity contribution >= 4 is 0 Å². The van der Waals surface area contributed by atoms with Gasteiger partial charge in [0, 0.05) is 12.7 Å². The molecule has 0 aromatic heterocycles. The van der Waals surface area contributed by atoms with Crippen LogP contribution in [0.25, 0.3) is 0 Å². The molecule has 1 aromatic rings. The Hall–Kier alpha value is -1.21. The van der Waals surface area contributed by atoms with Crippen molar-refractivity contribution in [2.24, 2.45) is 0 Å². The third-order valence-electron chi connectivity index (χ3n) is 2.37. The zero-order valence-corrected chi connectivity index (χ0v) is 10.8. The van der Waals surface area contributed by atoms with Crippen LogP contribution in [0.5, 0.6) is 5.75 Å². The van der Waals surface area contributed by atoms with Crippen molar-refractivity contribution in [2.45, 2.75) is 12.7 Å². The van der Waals surface area contributed by atoms with E-state index in [4.69, 9.17) is 19.3 Å². The van der Waals surface area contributed by atoms with Gasteiger partial charge in [0.25, 0.3) is 0 Å². The smallest absolute Gasteiger partial charge is 0.125 e. The largest absolute Gasteiger partial charge is 0.490 e. The predicted molar refractivity (Wildman–Crippen MR) is 66.5 cm³/mol. The van der Waals surface area contributed by atoms with Gasteiger partial charge in [0.1, 0.15) is 24.3 Å². The summed E-state index contributed by atoms with van der Waals surface area (Å²) in [6, 6.07) is 3.84. The van der Waals surface area contributed by atoms with Crippen molar-refractivity contribution in [3.8, 4) is 5.75 Å². The van der Waals surface area contributed by atoms with Gasteiger partial charge in [0.15, 0.2) is 0 Å². The van der Waals surface area contributed by atoms with E-state index in [2.05, 4.69) is 0 Å². The number of benzene rings is 1. The molecule has 0 aliphatic heterocycles. The van der Waals surface area contributed by atoms with Gasteiger partial charge in [-0.2, -0.15) is 0 Å². The Kier molecular flexibility index (Phi) is 7.35. The van der Waals surface area contributed by atoms with Gasteiger partial charge in [0.2, 0.25) is 0 Å². The van der Waals surface area contributed by atoms with E-state index in [1.54, 1.807) is 7.11 Å². The van der Waals surface area contributed by atoms with Crippen LogP contribution in [-0.2, 0) is 16.1 Å². The zero-order chi connectivity index (χ0) is 14.1. The molecule has 2 N–H and O–H groups in total. The Morgan fingerprint density at radius 3 is 2.74 bits per heavy atom. The molecule has 0 bridgehead atoms. The fraction of sp³-hybridized carbons (Fsp3) is 0.538. The van der Waals surface area contributed by atoms with Gasteiger partial charge < -0.3 is 24.4 Å². The van der Waals surface area contributed by atoms with Crippen LogP contribution in [0.2, 0.25) is 0 Å². The second-order valence-corrected chi connectivity index (χ2v) is 3.94. The molecule has 0 fully saturated rings. The highest BCUT2D eigenvalue weighted by Crippen LogP contribution is 2.19. The normalized spacial score (nSPS) is 12.4. The lowest BCUT2D eigenvalue weighted by Crippen LogP contribution is -2.24. The maximum absolute atomic E-state index is 12.9.